The van der Waals surface area contributed by atoms with E-state index in [0.29, 0.717) is 5.91 Å². The summed E-state index contributed by atoms with van der Waals surface area (Å²) >= 11 is 0. The normalized spacial score (nSPS) is 18.3. The molecule has 1 saturated carbocycles. The van der Waals surface area contributed by atoms with Gasteiger partial charge < -0.3 is 15.1 Å². The van der Waals surface area contributed by atoms with Crippen molar-refractivity contribution in [3.63, 3.8) is 0 Å². The van der Waals surface area contributed by atoms with E-state index in [2.05, 4.69) is 36.2 Å². The first-order valence-corrected chi connectivity index (χ1v) is 12.5. The van der Waals surface area contributed by atoms with E-state index >= 15 is 0 Å². The first-order chi connectivity index (χ1) is 15.1. The van der Waals surface area contributed by atoms with Crippen molar-refractivity contribution in [2.75, 3.05) is 36.4 Å². The second kappa shape index (κ2) is 12.1. The average Bonchev–Trinajstić information content (AvgIpc) is 3.32. The minimum absolute atomic E-state index is 0.0962. The molecule has 1 N–H and O–H groups in total. The molecule has 1 aromatic rings. The van der Waals surface area contributed by atoms with Crippen molar-refractivity contribution in [1.82, 2.24) is 4.90 Å². The van der Waals surface area contributed by atoms with E-state index in [0.717, 1.165) is 82.0 Å². The molecule has 31 heavy (non-hydrogen) atoms. The number of hydrogen-bond acceptors (Lipinski definition) is 3. The summed E-state index contributed by atoms with van der Waals surface area (Å²) < 4.78 is 0. The summed E-state index contributed by atoms with van der Waals surface area (Å²) in [6.07, 6.45) is 11.2. The fourth-order valence-corrected chi connectivity index (χ4v) is 4.97. The van der Waals surface area contributed by atoms with Gasteiger partial charge in [0.2, 0.25) is 11.8 Å². The summed E-state index contributed by atoms with van der Waals surface area (Å²) in [5.41, 5.74) is 2.03. The number of nitrogens with one attached hydrogen (secondary N) is 1. The third-order valence-electron chi connectivity index (χ3n) is 7.14. The predicted octanol–water partition coefficient (Wildman–Crippen LogP) is 5.46. The Kier molecular flexibility index (Phi) is 9.23. The topological polar surface area (TPSA) is 52.7 Å². The van der Waals surface area contributed by atoms with Gasteiger partial charge in [-0.15, -0.1) is 0 Å². The van der Waals surface area contributed by atoms with Crippen LogP contribution in [0.4, 0.5) is 11.4 Å². The van der Waals surface area contributed by atoms with Gasteiger partial charge >= 0.3 is 0 Å². The maximum Gasteiger partial charge on any atom is 0.227 e. The highest BCUT2D eigenvalue weighted by Crippen LogP contribution is 2.29. The van der Waals surface area contributed by atoms with Crippen LogP contribution in [0.2, 0.25) is 0 Å². The molecular weight excluding hydrogens is 386 g/mol. The van der Waals surface area contributed by atoms with Gasteiger partial charge in [0.1, 0.15) is 0 Å². The van der Waals surface area contributed by atoms with Gasteiger partial charge in [-0.25, -0.2) is 0 Å². The Balaban J connectivity index is 1.43. The summed E-state index contributed by atoms with van der Waals surface area (Å²) in [5.74, 6) is 1.34. The van der Waals surface area contributed by atoms with E-state index < -0.39 is 0 Å². The zero-order valence-electron chi connectivity index (χ0n) is 19.6. The van der Waals surface area contributed by atoms with Gasteiger partial charge in [0, 0.05) is 49.9 Å². The van der Waals surface area contributed by atoms with Crippen LogP contribution in [-0.4, -0.2) is 42.9 Å². The first kappa shape index (κ1) is 23.6. The molecule has 2 fully saturated rings. The molecule has 1 aromatic carbocycles. The van der Waals surface area contributed by atoms with Gasteiger partial charge in [-0.2, -0.15) is 0 Å². The molecule has 0 spiro atoms. The van der Waals surface area contributed by atoms with Crippen LogP contribution >= 0.6 is 0 Å². The highest BCUT2D eigenvalue weighted by Gasteiger charge is 2.23. The minimum Gasteiger partial charge on any atom is -0.368 e. The van der Waals surface area contributed by atoms with Crippen molar-refractivity contribution in [2.24, 2.45) is 11.8 Å². The number of carbonyl (C=O) groups excluding carboxylic acids is 2. The second-order valence-corrected chi connectivity index (χ2v) is 9.34. The molecule has 1 saturated heterocycles. The lowest BCUT2D eigenvalue weighted by Crippen LogP contribution is -2.48. The predicted molar refractivity (Wildman–Crippen MR) is 128 cm³/mol. The molecule has 2 amide bonds. The van der Waals surface area contributed by atoms with E-state index in [1.54, 1.807) is 0 Å². The maximum absolute atomic E-state index is 12.6. The largest absolute Gasteiger partial charge is 0.368 e. The molecule has 1 atom stereocenters. The molecule has 1 aliphatic heterocycles. The van der Waals surface area contributed by atoms with Crippen molar-refractivity contribution < 1.29 is 9.59 Å². The van der Waals surface area contributed by atoms with Gasteiger partial charge in [0.15, 0.2) is 0 Å². The van der Waals surface area contributed by atoms with E-state index in [1.165, 1.54) is 25.7 Å². The molecule has 2 aliphatic rings. The molecule has 0 bridgehead atoms. The number of piperazine rings is 1. The van der Waals surface area contributed by atoms with Gasteiger partial charge in [0.05, 0.1) is 0 Å². The number of unbranched alkanes of at least 4 members (excludes halogenated alkanes) is 1. The number of rotatable bonds is 10. The summed E-state index contributed by atoms with van der Waals surface area (Å²) in [6, 6.07) is 8.16. The van der Waals surface area contributed by atoms with Crippen LogP contribution in [0.1, 0.15) is 78.1 Å². The SMILES string of the molecule is CCCC[C@H](CC)C(=O)Nc1ccc(N2CCN(C(=O)CCC3CCCC3)CC2)cc1. The summed E-state index contributed by atoms with van der Waals surface area (Å²) in [4.78, 5) is 29.5. The third-order valence-corrected chi connectivity index (χ3v) is 7.14. The van der Waals surface area contributed by atoms with Crippen LogP contribution in [0.3, 0.4) is 0 Å². The molecule has 0 unspecified atom stereocenters. The Bertz CT molecular complexity index is 689. The number of carbonyl (C=O) groups is 2. The van der Waals surface area contributed by atoms with Crippen molar-refractivity contribution in [3.05, 3.63) is 24.3 Å². The van der Waals surface area contributed by atoms with Crippen LogP contribution in [0, 0.1) is 11.8 Å². The lowest BCUT2D eigenvalue weighted by atomic mass is 9.98. The third kappa shape index (κ3) is 6.98. The Morgan fingerprint density at radius 1 is 1.03 bits per heavy atom. The van der Waals surface area contributed by atoms with Crippen molar-refractivity contribution in [3.8, 4) is 0 Å². The van der Waals surface area contributed by atoms with E-state index in [4.69, 9.17) is 0 Å². The molecule has 1 aliphatic carbocycles. The molecule has 0 aromatic heterocycles. The number of benzene rings is 1. The monoisotopic (exact) mass is 427 g/mol. The van der Waals surface area contributed by atoms with Gasteiger partial charge in [-0.05, 0) is 49.4 Å². The summed E-state index contributed by atoms with van der Waals surface area (Å²) in [7, 11) is 0. The fourth-order valence-electron chi connectivity index (χ4n) is 4.97. The highest BCUT2D eigenvalue weighted by molar-refractivity contribution is 5.92. The number of hydrogen-bond donors (Lipinski definition) is 1. The van der Waals surface area contributed by atoms with Crippen molar-refractivity contribution in [1.29, 1.82) is 0 Å². The second-order valence-electron chi connectivity index (χ2n) is 9.34. The van der Waals surface area contributed by atoms with Crippen molar-refractivity contribution in [2.45, 2.75) is 78.1 Å². The lowest BCUT2D eigenvalue weighted by molar-refractivity contribution is -0.131. The van der Waals surface area contributed by atoms with E-state index in [9.17, 15) is 9.59 Å². The summed E-state index contributed by atoms with van der Waals surface area (Å²) in [5, 5.41) is 3.08. The average molecular weight is 428 g/mol. The van der Waals surface area contributed by atoms with Crippen LogP contribution in [0.5, 0.6) is 0 Å². The molecule has 3 rings (SSSR count). The summed E-state index contributed by atoms with van der Waals surface area (Å²) in [6.45, 7) is 7.60. The standard InChI is InChI=1S/C26H41N3O2/c1-3-5-10-22(4-2)26(31)27-23-12-14-24(15-13-23)28-17-19-29(20-18-28)25(30)16-11-21-8-6-7-9-21/h12-15,21-22H,3-11,16-20H2,1-2H3,(H,27,31)/t22-/m0/s1. The van der Waals surface area contributed by atoms with Crippen LogP contribution < -0.4 is 10.2 Å². The molecule has 5 nitrogen and oxygen atoms in total. The van der Waals surface area contributed by atoms with Crippen LogP contribution in [0.25, 0.3) is 0 Å². The van der Waals surface area contributed by atoms with Gasteiger partial charge in [-0.1, -0.05) is 52.4 Å². The van der Waals surface area contributed by atoms with Crippen LogP contribution in [0.15, 0.2) is 24.3 Å². The Morgan fingerprint density at radius 3 is 2.32 bits per heavy atom. The highest BCUT2D eigenvalue weighted by atomic mass is 16.2. The quantitative estimate of drug-likeness (QED) is 0.539. The Labute approximate surface area is 188 Å². The number of anilines is 2. The smallest absolute Gasteiger partial charge is 0.227 e. The Morgan fingerprint density at radius 2 is 1.71 bits per heavy atom. The number of amides is 2. The number of nitrogens with zero attached hydrogens (tertiary/aromatic N) is 2. The van der Waals surface area contributed by atoms with Gasteiger partial charge in [0.25, 0.3) is 0 Å². The molecular formula is C26H41N3O2. The molecule has 5 heteroatoms. The zero-order valence-corrected chi connectivity index (χ0v) is 19.6. The molecule has 172 valence electrons. The van der Waals surface area contributed by atoms with Crippen LogP contribution in [-0.2, 0) is 9.59 Å². The van der Waals surface area contributed by atoms with E-state index in [1.807, 2.05) is 17.0 Å². The maximum atomic E-state index is 12.6. The van der Waals surface area contributed by atoms with Gasteiger partial charge in [-0.3, -0.25) is 9.59 Å². The molecule has 1 heterocycles. The Hall–Kier alpha value is -2.04. The first-order valence-electron chi connectivity index (χ1n) is 12.5. The van der Waals surface area contributed by atoms with Crippen molar-refractivity contribution >= 4 is 23.2 Å². The van der Waals surface area contributed by atoms with E-state index in [-0.39, 0.29) is 11.8 Å². The lowest BCUT2D eigenvalue weighted by Gasteiger charge is -2.36. The minimum atomic E-state index is 0.0962. The zero-order chi connectivity index (χ0) is 22.1. The molecule has 0 radical (unpaired) electrons. The fraction of sp³-hybridized carbons (Fsp3) is 0.692.